The van der Waals surface area contributed by atoms with Gasteiger partial charge >= 0.3 is 0 Å². The second kappa shape index (κ2) is 5.73. The van der Waals surface area contributed by atoms with Gasteiger partial charge in [-0.1, -0.05) is 31.5 Å². The van der Waals surface area contributed by atoms with E-state index in [9.17, 15) is 0 Å². The Morgan fingerprint density at radius 2 is 2.17 bits per heavy atom. The van der Waals surface area contributed by atoms with Crippen molar-refractivity contribution in [2.24, 2.45) is 11.8 Å². The van der Waals surface area contributed by atoms with Crippen LogP contribution in [0, 0.1) is 23.2 Å². The van der Waals surface area contributed by atoms with Gasteiger partial charge in [-0.05, 0) is 42.5 Å². The average Bonchev–Trinajstić information content (AvgIpc) is 2.36. The number of hydrogen-bond donors (Lipinski definition) is 0. The second-order valence-corrected chi connectivity index (χ2v) is 5.80. The third-order valence-electron chi connectivity index (χ3n) is 3.99. The molecule has 2 unspecified atom stereocenters. The highest BCUT2D eigenvalue weighted by Crippen LogP contribution is 2.25. The smallest absolute Gasteiger partial charge is 0.0992 e. The number of hydrogen-bond acceptors (Lipinski definition) is 2. The Bertz CT molecular complexity index is 464. The molecule has 0 N–H and O–H groups in total. The van der Waals surface area contributed by atoms with Crippen LogP contribution >= 0.6 is 11.6 Å². The Kier molecular flexibility index (Phi) is 4.27. The maximum absolute atomic E-state index is 8.82. The van der Waals surface area contributed by atoms with E-state index in [0.29, 0.717) is 10.6 Å². The SMILES string of the molecule is CC1CCN(Cc2ccc(C#N)cc2Cl)CC1C. The van der Waals surface area contributed by atoms with Crippen LogP contribution in [-0.2, 0) is 6.54 Å². The summed E-state index contributed by atoms with van der Waals surface area (Å²) in [5, 5.41) is 9.53. The predicted molar refractivity (Wildman–Crippen MR) is 74.4 cm³/mol. The van der Waals surface area contributed by atoms with Crippen LogP contribution in [0.1, 0.15) is 31.4 Å². The molecule has 18 heavy (non-hydrogen) atoms. The lowest BCUT2D eigenvalue weighted by atomic mass is 9.88. The Hall–Kier alpha value is -1.04. The first-order valence-electron chi connectivity index (χ1n) is 6.51. The molecule has 1 fully saturated rings. The van der Waals surface area contributed by atoms with Gasteiger partial charge in [0.25, 0.3) is 0 Å². The second-order valence-electron chi connectivity index (χ2n) is 5.40. The molecular weight excluding hydrogens is 244 g/mol. The largest absolute Gasteiger partial charge is 0.299 e. The molecule has 1 aliphatic heterocycles. The summed E-state index contributed by atoms with van der Waals surface area (Å²) in [6, 6.07) is 7.69. The standard InChI is InChI=1S/C15H19ClN2/c1-11-5-6-18(9-12(11)2)10-14-4-3-13(8-17)7-15(14)16/h3-4,7,11-12H,5-6,9-10H2,1-2H3. The topological polar surface area (TPSA) is 27.0 Å². The molecule has 0 bridgehead atoms. The quantitative estimate of drug-likeness (QED) is 0.813. The van der Waals surface area contributed by atoms with Crippen molar-refractivity contribution in [1.82, 2.24) is 4.90 Å². The van der Waals surface area contributed by atoms with E-state index in [2.05, 4.69) is 24.8 Å². The zero-order valence-electron chi connectivity index (χ0n) is 11.0. The first-order chi connectivity index (χ1) is 8.60. The van der Waals surface area contributed by atoms with Crippen LogP contribution in [0.2, 0.25) is 5.02 Å². The van der Waals surface area contributed by atoms with E-state index in [1.165, 1.54) is 6.42 Å². The Balaban J connectivity index is 2.04. The van der Waals surface area contributed by atoms with Gasteiger partial charge in [0.05, 0.1) is 11.6 Å². The van der Waals surface area contributed by atoms with Gasteiger partial charge in [-0.15, -0.1) is 0 Å². The molecule has 0 spiro atoms. The summed E-state index contributed by atoms with van der Waals surface area (Å²) >= 11 is 6.21. The molecule has 96 valence electrons. The zero-order valence-corrected chi connectivity index (χ0v) is 11.7. The molecule has 1 heterocycles. The summed E-state index contributed by atoms with van der Waals surface area (Å²) < 4.78 is 0. The number of nitriles is 1. The molecule has 0 aliphatic carbocycles. The lowest BCUT2D eigenvalue weighted by Gasteiger charge is -2.35. The number of benzene rings is 1. The maximum atomic E-state index is 8.82. The summed E-state index contributed by atoms with van der Waals surface area (Å²) in [4.78, 5) is 2.46. The number of piperidine rings is 1. The van der Waals surface area contributed by atoms with Crippen LogP contribution < -0.4 is 0 Å². The Morgan fingerprint density at radius 3 is 2.78 bits per heavy atom. The van der Waals surface area contributed by atoms with Crippen LogP contribution in [-0.4, -0.2) is 18.0 Å². The Morgan fingerprint density at radius 1 is 1.39 bits per heavy atom. The fraction of sp³-hybridized carbons (Fsp3) is 0.533. The molecule has 0 saturated carbocycles. The van der Waals surface area contributed by atoms with Gasteiger partial charge in [0.2, 0.25) is 0 Å². The highest BCUT2D eigenvalue weighted by atomic mass is 35.5. The number of nitrogens with zero attached hydrogens (tertiary/aromatic N) is 2. The van der Waals surface area contributed by atoms with E-state index in [4.69, 9.17) is 16.9 Å². The van der Waals surface area contributed by atoms with E-state index in [-0.39, 0.29) is 0 Å². The van der Waals surface area contributed by atoms with Crippen molar-refractivity contribution in [3.63, 3.8) is 0 Å². The minimum atomic E-state index is 0.629. The van der Waals surface area contributed by atoms with Crippen molar-refractivity contribution in [3.05, 3.63) is 34.3 Å². The molecule has 1 saturated heterocycles. The van der Waals surface area contributed by atoms with E-state index in [1.807, 2.05) is 12.1 Å². The van der Waals surface area contributed by atoms with E-state index in [0.717, 1.165) is 37.0 Å². The van der Waals surface area contributed by atoms with Crippen LogP contribution in [0.15, 0.2) is 18.2 Å². The normalized spacial score (nSPS) is 24.8. The molecule has 0 radical (unpaired) electrons. The van der Waals surface area contributed by atoms with E-state index in [1.54, 1.807) is 6.07 Å². The summed E-state index contributed by atoms with van der Waals surface area (Å²) in [7, 11) is 0. The lowest BCUT2D eigenvalue weighted by Crippen LogP contribution is -2.37. The van der Waals surface area contributed by atoms with Gasteiger partial charge in [0, 0.05) is 18.1 Å². The van der Waals surface area contributed by atoms with Crippen molar-refractivity contribution < 1.29 is 0 Å². The summed E-state index contributed by atoms with van der Waals surface area (Å²) in [5.74, 6) is 1.56. The molecule has 1 aliphatic rings. The van der Waals surface area contributed by atoms with Crippen LogP contribution in [0.25, 0.3) is 0 Å². The fourth-order valence-electron chi connectivity index (χ4n) is 2.48. The molecule has 3 heteroatoms. The van der Waals surface area contributed by atoms with Crippen molar-refractivity contribution in [3.8, 4) is 6.07 Å². The average molecular weight is 263 g/mol. The fourth-order valence-corrected chi connectivity index (χ4v) is 2.72. The van der Waals surface area contributed by atoms with Gasteiger partial charge in [0.1, 0.15) is 0 Å². The molecule has 2 nitrogen and oxygen atoms in total. The first kappa shape index (κ1) is 13.4. The zero-order chi connectivity index (χ0) is 13.1. The Labute approximate surface area is 114 Å². The van der Waals surface area contributed by atoms with Gasteiger partial charge in [-0.3, -0.25) is 4.90 Å². The molecule has 0 aromatic heterocycles. The van der Waals surface area contributed by atoms with Crippen molar-refractivity contribution in [2.45, 2.75) is 26.8 Å². The van der Waals surface area contributed by atoms with Crippen molar-refractivity contribution in [1.29, 1.82) is 5.26 Å². The van der Waals surface area contributed by atoms with Gasteiger partial charge in [-0.25, -0.2) is 0 Å². The van der Waals surface area contributed by atoms with Gasteiger partial charge in [0.15, 0.2) is 0 Å². The highest BCUT2D eigenvalue weighted by Gasteiger charge is 2.22. The van der Waals surface area contributed by atoms with E-state index >= 15 is 0 Å². The van der Waals surface area contributed by atoms with Crippen LogP contribution in [0.5, 0.6) is 0 Å². The van der Waals surface area contributed by atoms with Crippen molar-refractivity contribution >= 4 is 11.6 Å². The minimum absolute atomic E-state index is 0.629. The number of halogens is 1. The van der Waals surface area contributed by atoms with Gasteiger partial charge < -0.3 is 0 Å². The molecule has 2 atom stereocenters. The highest BCUT2D eigenvalue weighted by molar-refractivity contribution is 6.31. The summed E-state index contributed by atoms with van der Waals surface area (Å²) in [5.41, 5.74) is 1.75. The predicted octanol–water partition coefficient (Wildman–Crippen LogP) is 3.69. The monoisotopic (exact) mass is 262 g/mol. The molecule has 1 aromatic carbocycles. The summed E-state index contributed by atoms with van der Waals surface area (Å²) in [6.07, 6.45) is 1.26. The number of likely N-dealkylation sites (tertiary alicyclic amines) is 1. The third kappa shape index (κ3) is 3.04. The molecule has 1 aromatic rings. The molecular formula is C15H19ClN2. The minimum Gasteiger partial charge on any atom is -0.299 e. The molecule has 0 amide bonds. The van der Waals surface area contributed by atoms with Crippen LogP contribution in [0.4, 0.5) is 0 Å². The lowest BCUT2D eigenvalue weighted by molar-refractivity contribution is 0.132. The van der Waals surface area contributed by atoms with E-state index < -0.39 is 0 Å². The van der Waals surface area contributed by atoms with Crippen molar-refractivity contribution in [2.75, 3.05) is 13.1 Å². The molecule has 2 rings (SSSR count). The maximum Gasteiger partial charge on any atom is 0.0992 e. The van der Waals surface area contributed by atoms with Crippen LogP contribution in [0.3, 0.4) is 0 Å². The first-order valence-corrected chi connectivity index (χ1v) is 6.89. The summed E-state index contributed by atoms with van der Waals surface area (Å²) in [6.45, 7) is 7.81. The van der Waals surface area contributed by atoms with Gasteiger partial charge in [-0.2, -0.15) is 5.26 Å². The third-order valence-corrected chi connectivity index (χ3v) is 4.35. The number of rotatable bonds is 2.